The second-order valence-corrected chi connectivity index (χ2v) is 9.37. The number of hydrogen-bond acceptors (Lipinski definition) is 5. The minimum Gasteiger partial charge on any atom is -0.481 e. The van der Waals surface area contributed by atoms with Gasteiger partial charge in [-0.25, -0.2) is 18.1 Å². The van der Waals surface area contributed by atoms with E-state index in [4.69, 9.17) is 5.11 Å². The molecule has 0 amide bonds. The van der Waals surface area contributed by atoms with E-state index in [1.165, 1.54) is 6.20 Å². The number of carboxylic acids is 1. The molecular formula is C14H20N2O4S2. The number of nitrogens with one attached hydrogen (secondary N) is 1. The van der Waals surface area contributed by atoms with Gasteiger partial charge in [0, 0.05) is 11.5 Å². The normalized spacial score (nSPS) is 22.7. The van der Waals surface area contributed by atoms with Crippen LogP contribution in [0.5, 0.6) is 0 Å². The van der Waals surface area contributed by atoms with Gasteiger partial charge >= 0.3 is 5.97 Å². The number of sulfonamides is 1. The van der Waals surface area contributed by atoms with E-state index in [1.54, 1.807) is 12.2 Å². The van der Waals surface area contributed by atoms with E-state index in [1.807, 2.05) is 20.8 Å². The molecule has 0 fully saturated rings. The molecule has 0 saturated heterocycles. The first-order chi connectivity index (χ1) is 10.1. The van der Waals surface area contributed by atoms with Crippen LogP contribution in [0.3, 0.4) is 0 Å². The summed E-state index contributed by atoms with van der Waals surface area (Å²) in [6.45, 7) is 5.91. The Morgan fingerprint density at radius 2 is 2.14 bits per heavy atom. The zero-order valence-electron chi connectivity index (χ0n) is 12.7. The molecule has 8 heteroatoms. The van der Waals surface area contributed by atoms with E-state index in [0.717, 1.165) is 16.3 Å². The molecule has 0 aromatic carbocycles. The molecule has 122 valence electrons. The van der Waals surface area contributed by atoms with Crippen LogP contribution in [0.2, 0.25) is 0 Å². The van der Waals surface area contributed by atoms with E-state index < -0.39 is 28.0 Å². The van der Waals surface area contributed by atoms with Crippen LogP contribution in [0.15, 0.2) is 22.6 Å². The molecule has 1 aliphatic carbocycles. The summed E-state index contributed by atoms with van der Waals surface area (Å²) in [6.07, 6.45) is 5.47. The Bertz CT molecular complexity index is 686. The van der Waals surface area contributed by atoms with E-state index >= 15 is 0 Å². The molecule has 1 aliphatic rings. The summed E-state index contributed by atoms with van der Waals surface area (Å²) >= 11 is 1.14. The maximum atomic E-state index is 12.4. The van der Waals surface area contributed by atoms with Crippen LogP contribution in [-0.4, -0.2) is 30.5 Å². The van der Waals surface area contributed by atoms with Crippen molar-refractivity contribution in [1.29, 1.82) is 0 Å². The molecule has 0 spiro atoms. The SMILES string of the molecule is CC(C)(C)c1ncc(S(=O)(=O)N[C@H]2C=CC[C@H](C(=O)O)C2)s1. The highest BCUT2D eigenvalue weighted by molar-refractivity contribution is 7.91. The second kappa shape index (κ2) is 6.10. The van der Waals surface area contributed by atoms with Gasteiger partial charge in [-0.1, -0.05) is 32.9 Å². The number of carboxylic acid groups (broad SMARTS) is 1. The number of hydrogen-bond donors (Lipinski definition) is 2. The highest BCUT2D eigenvalue weighted by Crippen LogP contribution is 2.29. The minimum absolute atomic E-state index is 0.156. The van der Waals surface area contributed by atoms with Crippen LogP contribution in [0, 0.1) is 5.92 Å². The first kappa shape index (κ1) is 17.1. The van der Waals surface area contributed by atoms with Crippen molar-refractivity contribution in [2.24, 2.45) is 5.92 Å². The summed E-state index contributed by atoms with van der Waals surface area (Å²) in [5.41, 5.74) is -0.211. The van der Waals surface area contributed by atoms with Crippen LogP contribution in [0.25, 0.3) is 0 Å². The summed E-state index contributed by atoms with van der Waals surface area (Å²) in [6, 6.07) is -0.500. The van der Waals surface area contributed by atoms with E-state index in [-0.39, 0.29) is 16.0 Å². The molecule has 1 aromatic rings. The molecule has 2 rings (SSSR count). The first-order valence-electron chi connectivity index (χ1n) is 6.98. The average molecular weight is 344 g/mol. The third-order valence-electron chi connectivity index (χ3n) is 3.37. The van der Waals surface area contributed by atoms with Gasteiger partial charge < -0.3 is 5.11 Å². The standard InChI is InChI=1S/C14H20N2O4S2/c1-14(2,3)13-15-8-11(21-13)22(19,20)16-10-6-4-5-9(7-10)12(17)18/h4,6,8-10,16H,5,7H2,1-3H3,(H,17,18)/t9-,10-/m0/s1. The van der Waals surface area contributed by atoms with Gasteiger partial charge in [-0.3, -0.25) is 4.79 Å². The summed E-state index contributed by atoms with van der Waals surface area (Å²) in [4.78, 5) is 15.2. The number of aliphatic carboxylic acids is 1. The monoisotopic (exact) mass is 344 g/mol. The third-order valence-corrected chi connectivity index (χ3v) is 6.75. The largest absolute Gasteiger partial charge is 0.481 e. The molecule has 6 nitrogen and oxygen atoms in total. The van der Waals surface area contributed by atoms with Crippen molar-refractivity contribution >= 4 is 27.3 Å². The summed E-state index contributed by atoms with van der Waals surface area (Å²) in [7, 11) is -3.69. The molecule has 22 heavy (non-hydrogen) atoms. The maximum Gasteiger partial charge on any atom is 0.306 e. The topological polar surface area (TPSA) is 96.4 Å². The van der Waals surface area contributed by atoms with Gasteiger partial charge in [-0.2, -0.15) is 0 Å². The molecular weight excluding hydrogens is 324 g/mol. The van der Waals surface area contributed by atoms with E-state index in [0.29, 0.717) is 6.42 Å². The molecule has 0 saturated carbocycles. The highest BCUT2D eigenvalue weighted by Gasteiger charge is 2.29. The Kier molecular flexibility index (Phi) is 4.74. The molecule has 0 unspecified atom stereocenters. The van der Waals surface area contributed by atoms with Crippen LogP contribution in [-0.2, 0) is 20.2 Å². The fraction of sp³-hybridized carbons (Fsp3) is 0.571. The van der Waals surface area contributed by atoms with Gasteiger partial charge in [0.2, 0.25) is 0 Å². The smallest absolute Gasteiger partial charge is 0.306 e. The van der Waals surface area contributed by atoms with Gasteiger partial charge in [0.15, 0.2) is 4.21 Å². The lowest BCUT2D eigenvalue weighted by Crippen LogP contribution is -2.37. The number of nitrogens with zero attached hydrogens (tertiary/aromatic N) is 1. The van der Waals surface area contributed by atoms with Crippen molar-refractivity contribution in [3.63, 3.8) is 0 Å². The molecule has 1 heterocycles. The Hall–Kier alpha value is -1.25. The first-order valence-corrected chi connectivity index (χ1v) is 9.27. The molecule has 0 bridgehead atoms. The molecule has 1 aromatic heterocycles. The molecule has 0 aliphatic heterocycles. The van der Waals surface area contributed by atoms with Gasteiger partial charge in [0.1, 0.15) is 0 Å². The van der Waals surface area contributed by atoms with E-state index in [2.05, 4.69) is 9.71 Å². The van der Waals surface area contributed by atoms with Crippen molar-refractivity contribution in [2.75, 3.05) is 0 Å². The van der Waals surface area contributed by atoms with Gasteiger partial charge in [-0.05, 0) is 12.8 Å². The fourth-order valence-electron chi connectivity index (χ4n) is 2.17. The Morgan fingerprint density at radius 1 is 1.45 bits per heavy atom. The summed E-state index contributed by atoms with van der Waals surface area (Å²) < 4.78 is 27.5. The maximum absolute atomic E-state index is 12.4. The zero-order chi connectivity index (χ0) is 16.5. The number of aromatic nitrogens is 1. The van der Waals surface area contributed by atoms with Gasteiger partial charge in [0.25, 0.3) is 10.0 Å². The van der Waals surface area contributed by atoms with Gasteiger partial charge in [0.05, 0.1) is 17.1 Å². The minimum atomic E-state index is -3.69. The number of carbonyl (C=O) groups is 1. The summed E-state index contributed by atoms with van der Waals surface area (Å²) in [5, 5.41) is 9.79. The Balaban J connectivity index is 2.15. The predicted octanol–water partition coefficient (Wildman–Crippen LogP) is 2.14. The third kappa shape index (κ3) is 3.93. The Labute approximate surface area is 134 Å². The lowest BCUT2D eigenvalue weighted by atomic mass is 9.92. The fourth-order valence-corrected chi connectivity index (χ4v) is 4.57. The molecule has 0 radical (unpaired) electrons. The summed E-state index contributed by atoms with van der Waals surface area (Å²) in [5.74, 6) is -1.45. The predicted molar refractivity (Wildman–Crippen MR) is 84.4 cm³/mol. The second-order valence-electron chi connectivity index (χ2n) is 6.40. The van der Waals surface area contributed by atoms with Crippen LogP contribution in [0.4, 0.5) is 0 Å². The van der Waals surface area contributed by atoms with Crippen molar-refractivity contribution in [3.8, 4) is 0 Å². The highest BCUT2D eigenvalue weighted by atomic mass is 32.2. The van der Waals surface area contributed by atoms with Crippen LogP contribution in [0.1, 0.15) is 38.6 Å². The van der Waals surface area contributed by atoms with Crippen molar-refractivity contribution in [2.45, 2.75) is 49.3 Å². The lowest BCUT2D eigenvalue weighted by molar-refractivity contribution is -0.142. The number of allylic oxidation sites excluding steroid dienone is 1. The van der Waals surface area contributed by atoms with Crippen LogP contribution < -0.4 is 4.72 Å². The van der Waals surface area contributed by atoms with Gasteiger partial charge in [-0.15, -0.1) is 11.3 Å². The Morgan fingerprint density at radius 3 is 2.68 bits per heavy atom. The van der Waals surface area contributed by atoms with Crippen molar-refractivity contribution < 1.29 is 18.3 Å². The van der Waals surface area contributed by atoms with Crippen molar-refractivity contribution in [3.05, 3.63) is 23.4 Å². The molecule has 2 atom stereocenters. The average Bonchev–Trinajstić information content (AvgIpc) is 2.88. The quantitative estimate of drug-likeness (QED) is 0.816. The van der Waals surface area contributed by atoms with E-state index in [9.17, 15) is 13.2 Å². The van der Waals surface area contributed by atoms with Crippen LogP contribution >= 0.6 is 11.3 Å². The number of thiazole rings is 1. The number of rotatable bonds is 4. The zero-order valence-corrected chi connectivity index (χ0v) is 14.4. The van der Waals surface area contributed by atoms with Crippen molar-refractivity contribution in [1.82, 2.24) is 9.71 Å². The lowest BCUT2D eigenvalue weighted by Gasteiger charge is -2.22. The molecule has 2 N–H and O–H groups in total.